The van der Waals surface area contributed by atoms with Crippen LogP contribution < -0.4 is 10.9 Å². The van der Waals surface area contributed by atoms with Crippen LogP contribution in [0.1, 0.15) is 39.6 Å². The number of hydrogen-bond acceptors (Lipinski definition) is 3. The van der Waals surface area contributed by atoms with E-state index in [2.05, 4.69) is 23.0 Å². The molecule has 1 unspecified atom stereocenters. The Labute approximate surface area is 176 Å². The highest BCUT2D eigenvalue weighted by molar-refractivity contribution is 5.99. The van der Waals surface area contributed by atoms with E-state index in [9.17, 15) is 9.59 Å². The fraction of sp³-hybridized carbons (Fsp3) is 0.200. The molecule has 0 aromatic heterocycles. The van der Waals surface area contributed by atoms with Gasteiger partial charge in [0.15, 0.2) is 0 Å². The van der Waals surface area contributed by atoms with Crippen molar-refractivity contribution in [1.82, 2.24) is 15.8 Å². The van der Waals surface area contributed by atoms with Crippen molar-refractivity contribution in [3.63, 3.8) is 0 Å². The number of hydrazine groups is 1. The molecule has 0 aliphatic carbocycles. The van der Waals surface area contributed by atoms with Gasteiger partial charge >= 0.3 is 0 Å². The molecule has 4 rings (SSSR count). The van der Waals surface area contributed by atoms with Gasteiger partial charge in [-0.05, 0) is 30.0 Å². The molecule has 1 heterocycles. The predicted octanol–water partition coefficient (Wildman–Crippen LogP) is 3.64. The second-order valence-corrected chi connectivity index (χ2v) is 7.40. The highest BCUT2D eigenvalue weighted by atomic mass is 16.2. The van der Waals surface area contributed by atoms with Crippen LogP contribution in [0.25, 0.3) is 0 Å². The molecule has 0 fully saturated rings. The summed E-state index contributed by atoms with van der Waals surface area (Å²) < 4.78 is 0. The van der Waals surface area contributed by atoms with Gasteiger partial charge < -0.3 is 4.90 Å². The van der Waals surface area contributed by atoms with Gasteiger partial charge in [0, 0.05) is 24.1 Å². The fourth-order valence-electron chi connectivity index (χ4n) is 3.76. The monoisotopic (exact) mass is 399 g/mol. The Morgan fingerprint density at radius 2 is 1.40 bits per heavy atom. The lowest BCUT2D eigenvalue weighted by molar-refractivity contribution is -0.122. The lowest BCUT2D eigenvalue weighted by atomic mass is 10.1. The van der Waals surface area contributed by atoms with Gasteiger partial charge in [0.1, 0.15) is 6.17 Å². The van der Waals surface area contributed by atoms with Gasteiger partial charge in [-0.25, -0.2) is 5.43 Å². The molecule has 0 bridgehead atoms. The molecule has 1 aliphatic rings. The summed E-state index contributed by atoms with van der Waals surface area (Å²) in [7, 11) is 0. The Morgan fingerprint density at radius 3 is 2.10 bits per heavy atom. The molecule has 2 N–H and O–H groups in total. The van der Waals surface area contributed by atoms with Crippen LogP contribution >= 0.6 is 0 Å². The predicted molar refractivity (Wildman–Crippen MR) is 116 cm³/mol. The van der Waals surface area contributed by atoms with Crippen molar-refractivity contribution in [3.8, 4) is 0 Å². The highest BCUT2D eigenvalue weighted by Crippen LogP contribution is 2.31. The lowest BCUT2D eigenvalue weighted by Gasteiger charge is -2.26. The Balaban J connectivity index is 1.40. The zero-order chi connectivity index (χ0) is 20.8. The number of carbonyl (C=O) groups excluding carboxylic acids is 2. The Bertz CT molecular complexity index is 1010. The maximum atomic E-state index is 13.0. The van der Waals surface area contributed by atoms with Crippen molar-refractivity contribution in [3.05, 3.63) is 107 Å². The largest absolute Gasteiger partial charge is 0.317 e. The lowest BCUT2D eigenvalue weighted by Crippen LogP contribution is -2.46. The van der Waals surface area contributed by atoms with Crippen molar-refractivity contribution in [2.75, 3.05) is 6.54 Å². The Kier molecular flexibility index (Phi) is 6.20. The summed E-state index contributed by atoms with van der Waals surface area (Å²) in [6, 6.07) is 27.6. The summed E-state index contributed by atoms with van der Waals surface area (Å²) in [5.41, 5.74) is 9.76. The first-order valence-electron chi connectivity index (χ1n) is 10.2. The van der Waals surface area contributed by atoms with Crippen LogP contribution in [0.3, 0.4) is 0 Å². The summed E-state index contributed by atoms with van der Waals surface area (Å²) in [6.45, 7) is 0.565. The van der Waals surface area contributed by atoms with Crippen molar-refractivity contribution >= 4 is 11.8 Å². The van der Waals surface area contributed by atoms with E-state index in [4.69, 9.17) is 0 Å². The third-order valence-electron chi connectivity index (χ3n) is 5.37. The number of nitrogens with one attached hydrogen (secondary N) is 2. The number of carbonyl (C=O) groups is 2. The van der Waals surface area contributed by atoms with E-state index >= 15 is 0 Å². The molecule has 5 heteroatoms. The normalized spacial score (nSPS) is 15.1. The minimum absolute atomic E-state index is 0.0161. The van der Waals surface area contributed by atoms with Gasteiger partial charge in [0.2, 0.25) is 5.91 Å². The van der Waals surface area contributed by atoms with E-state index in [0.717, 1.165) is 17.5 Å². The molecule has 0 saturated carbocycles. The number of hydrogen-bond donors (Lipinski definition) is 2. The third-order valence-corrected chi connectivity index (χ3v) is 5.37. The van der Waals surface area contributed by atoms with E-state index in [0.29, 0.717) is 24.9 Å². The van der Waals surface area contributed by atoms with E-state index in [1.54, 1.807) is 4.90 Å². The van der Waals surface area contributed by atoms with Crippen LogP contribution in [0.15, 0.2) is 84.9 Å². The average Bonchev–Trinajstić information content (AvgIpc) is 3.07. The van der Waals surface area contributed by atoms with Gasteiger partial charge in [-0.1, -0.05) is 78.9 Å². The van der Waals surface area contributed by atoms with Crippen molar-refractivity contribution in [2.24, 2.45) is 0 Å². The molecule has 152 valence electrons. The van der Waals surface area contributed by atoms with Crippen LogP contribution in [0.5, 0.6) is 0 Å². The number of benzene rings is 3. The van der Waals surface area contributed by atoms with E-state index < -0.39 is 0 Å². The van der Waals surface area contributed by atoms with Gasteiger partial charge in [-0.2, -0.15) is 0 Å². The first-order chi connectivity index (χ1) is 14.7. The van der Waals surface area contributed by atoms with Crippen molar-refractivity contribution < 1.29 is 9.59 Å². The molecular formula is C25H25N3O2. The van der Waals surface area contributed by atoms with Gasteiger partial charge in [0.05, 0.1) is 0 Å². The number of nitrogens with zero attached hydrogens (tertiary/aromatic N) is 1. The molecule has 0 radical (unpaired) electrons. The second kappa shape index (κ2) is 9.37. The number of rotatable bonds is 8. The molecule has 30 heavy (non-hydrogen) atoms. The second-order valence-electron chi connectivity index (χ2n) is 7.40. The summed E-state index contributed by atoms with van der Waals surface area (Å²) in [4.78, 5) is 27.1. The molecule has 3 aromatic rings. The van der Waals surface area contributed by atoms with Crippen LogP contribution in [0, 0.1) is 0 Å². The van der Waals surface area contributed by atoms with Gasteiger partial charge in [-0.15, -0.1) is 0 Å². The summed E-state index contributed by atoms with van der Waals surface area (Å²) in [6.07, 6.45) is 1.43. The number of aryl methyl sites for hydroxylation is 1. The molecule has 1 aliphatic heterocycles. The summed E-state index contributed by atoms with van der Waals surface area (Å²) in [5.74, 6) is -0.115. The third kappa shape index (κ3) is 4.58. The first-order valence-corrected chi connectivity index (χ1v) is 10.2. The molecule has 0 spiro atoms. The zero-order valence-electron chi connectivity index (χ0n) is 16.8. The number of amides is 2. The van der Waals surface area contributed by atoms with Crippen LogP contribution in [0.2, 0.25) is 0 Å². The highest BCUT2D eigenvalue weighted by Gasteiger charge is 2.36. The fourth-order valence-corrected chi connectivity index (χ4v) is 3.76. The maximum absolute atomic E-state index is 13.0. The SMILES string of the molecule is O=C(CCc1ccccc1)NNC1c2ccccc2C(=O)N1CCc1ccccc1. The molecule has 2 amide bonds. The van der Waals surface area contributed by atoms with Gasteiger partial charge in [-0.3, -0.25) is 15.0 Å². The Hall–Kier alpha value is -3.44. The topological polar surface area (TPSA) is 61.4 Å². The minimum atomic E-state index is -0.377. The summed E-state index contributed by atoms with van der Waals surface area (Å²) in [5, 5.41) is 0. The quantitative estimate of drug-likeness (QED) is 0.569. The smallest absolute Gasteiger partial charge is 0.255 e. The molecule has 5 nitrogen and oxygen atoms in total. The van der Waals surface area contributed by atoms with Crippen LogP contribution in [-0.2, 0) is 17.6 Å². The average molecular weight is 399 g/mol. The van der Waals surface area contributed by atoms with Crippen LogP contribution in [-0.4, -0.2) is 23.3 Å². The number of fused-ring (bicyclic) bond motifs is 1. The zero-order valence-corrected chi connectivity index (χ0v) is 16.8. The molecular weight excluding hydrogens is 374 g/mol. The van der Waals surface area contributed by atoms with Crippen LogP contribution in [0.4, 0.5) is 0 Å². The van der Waals surface area contributed by atoms with Gasteiger partial charge in [0.25, 0.3) is 5.91 Å². The van der Waals surface area contributed by atoms with E-state index in [1.165, 1.54) is 5.56 Å². The molecule has 0 saturated heterocycles. The summed E-state index contributed by atoms with van der Waals surface area (Å²) >= 11 is 0. The van der Waals surface area contributed by atoms with E-state index in [1.807, 2.05) is 72.8 Å². The molecule has 3 aromatic carbocycles. The molecule has 1 atom stereocenters. The van der Waals surface area contributed by atoms with Crippen molar-refractivity contribution in [1.29, 1.82) is 0 Å². The van der Waals surface area contributed by atoms with E-state index in [-0.39, 0.29) is 18.0 Å². The first kappa shape index (κ1) is 19.9. The minimum Gasteiger partial charge on any atom is -0.317 e. The van der Waals surface area contributed by atoms with Crippen molar-refractivity contribution in [2.45, 2.75) is 25.4 Å². The maximum Gasteiger partial charge on any atom is 0.255 e. The Morgan fingerprint density at radius 1 is 0.800 bits per heavy atom. The standard InChI is InChI=1S/C25H25N3O2/c29-23(16-15-19-9-3-1-4-10-19)26-27-24-21-13-7-8-14-22(21)25(30)28(24)18-17-20-11-5-2-6-12-20/h1-14,24,27H,15-18H2,(H,26,29).